The van der Waals surface area contributed by atoms with Crippen LogP contribution in [0.5, 0.6) is 11.5 Å². The van der Waals surface area contributed by atoms with Gasteiger partial charge < -0.3 is 18.8 Å². The van der Waals surface area contributed by atoms with Crippen LogP contribution in [0.25, 0.3) is 0 Å². The summed E-state index contributed by atoms with van der Waals surface area (Å²) < 4.78 is 16.2. The zero-order chi connectivity index (χ0) is 17.1. The van der Waals surface area contributed by atoms with Crippen LogP contribution in [0, 0.1) is 5.92 Å². The molecule has 0 spiro atoms. The van der Waals surface area contributed by atoms with Gasteiger partial charge in [0.05, 0.1) is 6.26 Å². The molecule has 25 heavy (non-hydrogen) atoms. The van der Waals surface area contributed by atoms with Crippen molar-refractivity contribution in [3.8, 4) is 11.5 Å². The van der Waals surface area contributed by atoms with Crippen molar-refractivity contribution >= 4 is 5.91 Å². The number of rotatable bonds is 5. The molecule has 132 valence electrons. The van der Waals surface area contributed by atoms with Gasteiger partial charge in [-0.3, -0.25) is 4.79 Å². The van der Waals surface area contributed by atoms with E-state index in [0.717, 1.165) is 23.6 Å². The van der Waals surface area contributed by atoms with E-state index in [1.54, 1.807) is 18.4 Å². The maximum absolute atomic E-state index is 12.9. The van der Waals surface area contributed by atoms with E-state index in [9.17, 15) is 4.79 Å². The maximum atomic E-state index is 12.9. The van der Waals surface area contributed by atoms with Crippen LogP contribution < -0.4 is 9.47 Å². The molecule has 1 amide bonds. The number of hydrogen-bond acceptors (Lipinski definition) is 4. The van der Waals surface area contributed by atoms with E-state index in [2.05, 4.69) is 0 Å². The van der Waals surface area contributed by atoms with Gasteiger partial charge in [-0.1, -0.05) is 25.3 Å². The second kappa shape index (κ2) is 7.21. The molecule has 1 aliphatic heterocycles. The lowest BCUT2D eigenvalue weighted by Gasteiger charge is -2.29. The number of fused-ring (bicyclic) bond motifs is 1. The van der Waals surface area contributed by atoms with Crippen LogP contribution in [-0.2, 0) is 6.54 Å². The standard InChI is InChI=1S/C20H23NO4/c22-20(18-7-4-10-23-18)21(12-15-5-2-1-3-6-15)13-16-8-9-17-19(11-16)25-14-24-17/h4,7-11,15H,1-3,5-6,12-14H2. The first-order valence-corrected chi connectivity index (χ1v) is 9.01. The number of ether oxygens (including phenoxy) is 2. The zero-order valence-corrected chi connectivity index (χ0v) is 14.3. The SMILES string of the molecule is O=C(c1ccco1)N(Cc1ccc2c(c1)OCO2)CC1CCCCC1. The fourth-order valence-electron chi connectivity index (χ4n) is 3.72. The summed E-state index contributed by atoms with van der Waals surface area (Å²) in [5.74, 6) is 2.44. The number of carbonyl (C=O) groups excluding carboxylic acids is 1. The number of furan rings is 1. The molecule has 4 rings (SSSR count). The van der Waals surface area contributed by atoms with Gasteiger partial charge in [0.1, 0.15) is 0 Å². The first-order chi connectivity index (χ1) is 12.3. The van der Waals surface area contributed by atoms with Crippen LogP contribution in [-0.4, -0.2) is 24.1 Å². The van der Waals surface area contributed by atoms with Crippen LogP contribution in [0.15, 0.2) is 41.0 Å². The molecule has 2 aromatic rings. The van der Waals surface area contributed by atoms with Crippen LogP contribution in [0.2, 0.25) is 0 Å². The Morgan fingerprint density at radius 3 is 2.72 bits per heavy atom. The molecular weight excluding hydrogens is 318 g/mol. The van der Waals surface area contributed by atoms with E-state index in [1.165, 1.54) is 32.1 Å². The fraction of sp³-hybridized carbons (Fsp3) is 0.450. The number of benzene rings is 1. The third-order valence-electron chi connectivity index (χ3n) is 5.03. The molecule has 1 fully saturated rings. The normalized spacial score (nSPS) is 16.8. The molecule has 5 nitrogen and oxygen atoms in total. The molecule has 1 aromatic heterocycles. The van der Waals surface area contributed by atoms with E-state index in [-0.39, 0.29) is 12.7 Å². The third kappa shape index (κ3) is 3.65. The summed E-state index contributed by atoms with van der Waals surface area (Å²) >= 11 is 0. The van der Waals surface area contributed by atoms with Gasteiger partial charge in [0.25, 0.3) is 5.91 Å². The minimum absolute atomic E-state index is 0.0479. The van der Waals surface area contributed by atoms with Crippen molar-refractivity contribution in [1.82, 2.24) is 4.90 Å². The predicted octanol–water partition coefficient (Wildman–Crippen LogP) is 4.23. The predicted molar refractivity (Wildman–Crippen MR) is 92.6 cm³/mol. The van der Waals surface area contributed by atoms with Crippen molar-refractivity contribution in [2.75, 3.05) is 13.3 Å². The molecule has 0 N–H and O–H groups in total. The molecule has 0 bridgehead atoms. The third-order valence-corrected chi connectivity index (χ3v) is 5.03. The Bertz CT molecular complexity index is 719. The highest BCUT2D eigenvalue weighted by atomic mass is 16.7. The van der Waals surface area contributed by atoms with Crippen molar-refractivity contribution in [1.29, 1.82) is 0 Å². The van der Waals surface area contributed by atoms with E-state index in [4.69, 9.17) is 13.9 Å². The van der Waals surface area contributed by atoms with Crippen LogP contribution in [0.4, 0.5) is 0 Å². The Morgan fingerprint density at radius 2 is 1.92 bits per heavy atom. The van der Waals surface area contributed by atoms with Crippen molar-refractivity contribution in [3.63, 3.8) is 0 Å². The summed E-state index contributed by atoms with van der Waals surface area (Å²) in [6.07, 6.45) is 7.78. The van der Waals surface area contributed by atoms with Crippen molar-refractivity contribution in [3.05, 3.63) is 47.9 Å². The van der Waals surface area contributed by atoms with Crippen LogP contribution in [0.3, 0.4) is 0 Å². The lowest BCUT2D eigenvalue weighted by Crippen LogP contribution is -2.35. The van der Waals surface area contributed by atoms with E-state index in [1.807, 2.05) is 23.1 Å². The smallest absolute Gasteiger partial charge is 0.289 e. The second-order valence-electron chi connectivity index (χ2n) is 6.85. The quantitative estimate of drug-likeness (QED) is 0.816. The monoisotopic (exact) mass is 341 g/mol. The summed E-state index contributed by atoms with van der Waals surface area (Å²) in [6, 6.07) is 9.36. The average Bonchev–Trinajstić information content (AvgIpc) is 3.33. The van der Waals surface area contributed by atoms with Gasteiger partial charge >= 0.3 is 0 Å². The minimum Gasteiger partial charge on any atom is -0.459 e. The molecule has 0 unspecified atom stereocenters. The highest BCUT2D eigenvalue weighted by Crippen LogP contribution is 2.33. The summed E-state index contributed by atoms with van der Waals surface area (Å²) in [6.45, 7) is 1.58. The van der Waals surface area contributed by atoms with E-state index >= 15 is 0 Å². The Labute approximate surface area is 147 Å². The first-order valence-electron chi connectivity index (χ1n) is 9.01. The van der Waals surface area contributed by atoms with Gasteiger partial charge in [-0.2, -0.15) is 0 Å². The highest BCUT2D eigenvalue weighted by Gasteiger charge is 2.24. The average molecular weight is 341 g/mol. The molecule has 0 atom stereocenters. The lowest BCUT2D eigenvalue weighted by molar-refractivity contribution is 0.0666. The molecule has 2 heterocycles. The number of carbonyl (C=O) groups is 1. The lowest BCUT2D eigenvalue weighted by atomic mass is 9.89. The van der Waals surface area contributed by atoms with Gasteiger partial charge in [-0.05, 0) is 48.6 Å². The number of hydrogen-bond donors (Lipinski definition) is 0. The van der Waals surface area contributed by atoms with Crippen LogP contribution >= 0.6 is 0 Å². The second-order valence-corrected chi connectivity index (χ2v) is 6.85. The van der Waals surface area contributed by atoms with Gasteiger partial charge in [0.2, 0.25) is 6.79 Å². The van der Waals surface area contributed by atoms with Crippen molar-refractivity contribution in [2.24, 2.45) is 5.92 Å². The molecule has 0 saturated heterocycles. The molecule has 1 aromatic carbocycles. The van der Waals surface area contributed by atoms with Crippen molar-refractivity contribution in [2.45, 2.75) is 38.6 Å². The van der Waals surface area contributed by atoms with E-state index in [0.29, 0.717) is 18.2 Å². The Balaban J connectivity index is 1.52. The summed E-state index contributed by atoms with van der Waals surface area (Å²) in [4.78, 5) is 14.8. The van der Waals surface area contributed by atoms with Gasteiger partial charge in [0.15, 0.2) is 17.3 Å². The molecule has 5 heteroatoms. The Morgan fingerprint density at radius 1 is 1.08 bits per heavy atom. The summed E-state index contributed by atoms with van der Waals surface area (Å²) in [7, 11) is 0. The fourth-order valence-corrected chi connectivity index (χ4v) is 3.72. The molecular formula is C20H23NO4. The number of amides is 1. The molecule has 2 aliphatic rings. The maximum Gasteiger partial charge on any atom is 0.289 e. The summed E-state index contributed by atoms with van der Waals surface area (Å²) in [5, 5.41) is 0. The summed E-state index contributed by atoms with van der Waals surface area (Å²) in [5.41, 5.74) is 1.04. The number of nitrogens with zero attached hydrogens (tertiary/aromatic N) is 1. The Hall–Kier alpha value is -2.43. The minimum atomic E-state index is -0.0479. The van der Waals surface area contributed by atoms with Gasteiger partial charge in [-0.15, -0.1) is 0 Å². The van der Waals surface area contributed by atoms with Gasteiger partial charge in [0, 0.05) is 13.1 Å². The largest absolute Gasteiger partial charge is 0.459 e. The van der Waals surface area contributed by atoms with Crippen molar-refractivity contribution < 1.29 is 18.7 Å². The molecule has 1 saturated carbocycles. The molecule has 1 aliphatic carbocycles. The first kappa shape index (κ1) is 16.1. The van der Waals surface area contributed by atoms with E-state index < -0.39 is 0 Å². The Kier molecular flexibility index (Phi) is 4.63. The zero-order valence-electron chi connectivity index (χ0n) is 14.3. The van der Waals surface area contributed by atoms with Gasteiger partial charge in [-0.25, -0.2) is 0 Å². The molecule has 0 radical (unpaired) electrons. The van der Waals surface area contributed by atoms with Crippen LogP contribution in [0.1, 0.15) is 48.2 Å². The topological polar surface area (TPSA) is 51.9 Å². The highest BCUT2D eigenvalue weighted by molar-refractivity contribution is 5.91.